The summed E-state index contributed by atoms with van der Waals surface area (Å²) >= 11 is 1.68. The maximum Gasteiger partial charge on any atom is 0.106 e. The molecule has 1 aliphatic heterocycles. The Morgan fingerprint density at radius 3 is 3.00 bits per heavy atom. The fraction of sp³-hybridized carbons (Fsp3) is 0.636. The zero-order valence-corrected chi connectivity index (χ0v) is 10.3. The highest BCUT2D eigenvalue weighted by Gasteiger charge is 2.19. The van der Waals surface area contributed by atoms with Crippen LogP contribution in [0.2, 0.25) is 0 Å². The molecule has 0 radical (unpaired) electrons. The highest BCUT2D eigenvalue weighted by molar-refractivity contribution is 7.09. The fourth-order valence-electron chi connectivity index (χ4n) is 1.98. The Balaban J connectivity index is 2.12. The predicted molar refractivity (Wildman–Crippen MR) is 65.6 cm³/mol. The molecule has 2 N–H and O–H groups in total. The van der Waals surface area contributed by atoms with Gasteiger partial charge in [0.15, 0.2) is 0 Å². The highest BCUT2D eigenvalue weighted by atomic mass is 32.1. The van der Waals surface area contributed by atoms with E-state index < -0.39 is 0 Å². The van der Waals surface area contributed by atoms with Gasteiger partial charge in [-0.2, -0.15) is 0 Å². The van der Waals surface area contributed by atoms with E-state index in [1.54, 1.807) is 11.3 Å². The summed E-state index contributed by atoms with van der Waals surface area (Å²) in [5.74, 6) is 0.580. The Morgan fingerprint density at radius 1 is 1.62 bits per heavy atom. The van der Waals surface area contributed by atoms with Crippen molar-refractivity contribution in [3.63, 3.8) is 0 Å². The van der Waals surface area contributed by atoms with Gasteiger partial charge in [-0.1, -0.05) is 12.1 Å². The summed E-state index contributed by atoms with van der Waals surface area (Å²) in [5, 5.41) is 18.7. The van der Waals surface area contributed by atoms with E-state index in [0.717, 1.165) is 31.6 Å². The number of hydrogen-bond donors (Lipinski definition) is 2. The number of nitrogens with one attached hydrogen (secondary N) is 1. The zero-order valence-electron chi connectivity index (χ0n) is 9.44. The minimum atomic E-state index is 0.580. The number of hydrogen-bond acceptors (Lipinski definition) is 5. The van der Waals surface area contributed by atoms with Crippen molar-refractivity contribution in [3.8, 4) is 0 Å². The van der Waals surface area contributed by atoms with E-state index in [9.17, 15) is 0 Å². The quantitative estimate of drug-likeness (QED) is 0.483. The molecule has 0 saturated carbocycles. The summed E-state index contributed by atoms with van der Waals surface area (Å²) in [4.78, 5) is 4.58. The summed E-state index contributed by atoms with van der Waals surface area (Å²) in [6, 6.07) is 0. The van der Waals surface area contributed by atoms with Crippen molar-refractivity contribution in [2.75, 3.05) is 13.1 Å². The van der Waals surface area contributed by atoms with Crippen LogP contribution < -0.4 is 5.32 Å². The number of aromatic nitrogens is 1. The molecule has 16 heavy (non-hydrogen) atoms. The van der Waals surface area contributed by atoms with E-state index in [4.69, 9.17) is 5.21 Å². The van der Waals surface area contributed by atoms with Gasteiger partial charge in [-0.15, -0.1) is 11.3 Å². The van der Waals surface area contributed by atoms with Gasteiger partial charge in [-0.05, 0) is 32.4 Å². The molecular weight excluding hydrogens is 222 g/mol. The first-order valence-electron chi connectivity index (χ1n) is 5.72. The molecule has 1 aromatic heterocycles. The first-order valence-corrected chi connectivity index (χ1v) is 6.60. The maximum absolute atomic E-state index is 8.84. The van der Waals surface area contributed by atoms with Gasteiger partial charge in [0.05, 0.1) is 10.7 Å². The lowest BCUT2D eigenvalue weighted by atomic mass is 9.99. The Morgan fingerprint density at radius 2 is 2.38 bits per heavy atom. The minimum absolute atomic E-state index is 0.580. The summed E-state index contributed by atoms with van der Waals surface area (Å²) < 4.78 is 0. The molecule has 4 nitrogen and oxygen atoms in total. The lowest BCUT2D eigenvalue weighted by Gasteiger charge is -2.20. The highest BCUT2D eigenvalue weighted by Crippen LogP contribution is 2.28. The summed E-state index contributed by atoms with van der Waals surface area (Å²) in [7, 11) is 0. The zero-order chi connectivity index (χ0) is 11.4. The Hall–Kier alpha value is -0.940. The van der Waals surface area contributed by atoms with E-state index in [1.807, 2.05) is 12.3 Å². The molecule has 0 aliphatic carbocycles. The number of nitrogens with zero attached hydrogens (tertiary/aromatic N) is 2. The molecule has 0 aromatic carbocycles. The number of thiazole rings is 1. The Labute approximate surface area is 99.4 Å². The van der Waals surface area contributed by atoms with Crippen LogP contribution in [0.3, 0.4) is 0 Å². The molecule has 88 valence electrons. The van der Waals surface area contributed by atoms with Crippen molar-refractivity contribution in [1.29, 1.82) is 0 Å². The van der Waals surface area contributed by atoms with E-state index >= 15 is 0 Å². The molecular formula is C11H17N3OS. The van der Waals surface area contributed by atoms with Crippen LogP contribution in [0.25, 0.3) is 0 Å². The topological polar surface area (TPSA) is 57.5 Å². The summed E-state index contributed by atoms with van der Waals surface area (Å²) in [6.45, 7) is 4.13. The van der Waals surface area contributed by atoms with Crippen LogP contribution in [-0.2, 0) is 0 Å². The molecule has 0 atom stereocenters. The smallest absolute Gasteiger partial charge is 0.106 e. The van der Waals surface area contributed by atoms with E-state index in [2.05, 4.69) is 15.5 Å². The third-order valence-electron chi connectivity index (χ3n) is 2.96. The van der Waals surface area contributed by atoms with Crippen LogP contribution >= 0.6 is 11.3 Å². The van der Waals surface area contributed by atoms with Crippen LogP contribution in [0, 0.1) is 0 Å². The second-order valence-electron chi connectivity index (χ2n) is 4.00. The standard InChI is InChI=1S/C11H17N3OS/c1-2-9(14-15)10-7-16-11(13-10)8-3-5-12-6-4-8/h7-8,12,15H,2-6H2,1H3/b14-9+. The van der Waals surface area contributed by atoms with Crippen molar-refractivity contribution >= 4 is 17.0 Å². The summed E-state index contributed by atoms with van der Waals surface area (Å²) in [5.41, 5.74) is 1.51. The fourth-order valence-corrected chi connectivity index (χ4v) is 2.98. The second-order valence-corrected chi connectivity index (χ2v) is 4.89. The van der Waals surface area contributed by atoms with Crippen LogP contribution in [0.1, 0.15) is 42.8 Å². The van der Waals surface area contributed by atoms with E-state index in [1.165, 1.54) is 5.01 Å². The molecule has 0 bridgehead atoms. The lowest BCUT2D eigenvalue weighted by Crippen LogP contribution is -2.26. The third kappa shape index (κ3) is 2.41. The van der Waals surface area contributed by atoms with E-state index in [-0.39, 0.29) is 0 Å². The molecule has 0 unspecified atom stereocenters. The maximum atomic E-state index is 8.84. The Bertz CT molecular complexity index is 369. The Kier molecular flexibility index (Phi) is 3.90. The van der Waals surface area contributed by atoms with Gasteiger partial charge < -0.3 is 10.5 Å². The normalized spacial score (nSPS) is 18.9. The molecule has 2 rings (SSSR count). The molecule has 5 heteroatoms. The van der Waals surface area contributed by atoms with Crippen molar-refractivity contribution in [2.24, 2.45) is 5.16 Å². The molecule has 0 spiro atoms. The number of piperidine rings is 1. The predicted octanol–water partition coefficient (Wildman–Crippen LogP) is 2.20. The van der Waals surface area contributed by atoms with Gasteiger partial charge in [0, 0.05) is 11.3 Å². The van der Waals surface area contributed by atoms with Gasteiger partial charge >= 0.3 is 0 Å². The number of rotatable bonds is 3. The largest absolute Gasteiger partial charge is 0.411 e. The third-order valence-corrected chi connectivity index (χ3v) is 3.97. The van der Waals surface area contributed by atoms with Crippen LogP contribution in [-0.4, -0.2) is 29.0 Å². The van der Waals surface area contributed by atoms with Crippen molar-refractivity contribution in [2.45, 2.75) is 32.1 Å². The van der Waals surface area contributed by atoms with Gasteiger partial charge in [-0.3, -0.25) is 0 Å². The second kappa shape index (κ2) is 5.41. The van der Waals surface area contributed by atoms with Gasteiger partial charge in [0.1, 0.15) is 5.71 Å². The number of oxime groups is 1. The van der Waals surface area contributed by atoms with Gasteiger partial charge in [0.25, 0.3) is 0 Å². The van der Waals surface area contributed by atoms with E-state index in [0.29, 0.717) is 18.1 Å². The minimum Gasteiger partial charge on any atom is -0.411 e. The first-order chi connectivity index (χ1) is 7.85. The lowest BCUT2D eigenvalue weighted by molar-refractivity contribution is 0.318. The monoisotopic (exact) mass is 239 g/mol. The molecule has 1 saturated heterocycles. The average Bonchev–Trinajstić information content (AvgIpc) is 2.81. The molecule has 1 aromatic rings. The molecule has 2 heterocycles. The van der Waals surface area contributed by atoms with Crippen molar-refractivity contribution in [1.82, 2.24) is 10.3 Å². The van der Waals surface area contributed by atoms with Gasteiger partial charge in [0.2, 0.25) is 0 Å². The average molecular weight is 239 g/mol. The summed E-state index contributed by atoms with van der Waals surface area (Å²) in [6.07, 6.45) is 3.03. The van der Waals surface area contributed by atoms with Crippen molar-refractivity contribution in [3.05, 3.63) is 16.1 Å². The SMILES string of the molecule is CC/C(=N\O)c1csc(C2CCNCC2)n1. The molecule has 1 fully saturated rings. The molecule has 0 amide bonds. The van der Waals surface area contributed by atoms with Gasteiger partial charge in [-0.25, -0.2) is 4.98 Å². The molecule has 1 aliphatic rings. The van der Waals surface area contributed by atoms with Crippen LogP contribution in [0.5, 0.6) is 0 Å². The van der Waals surface area contributed by atoms with Crippen molar-refractivity contribution < 1.29 is 5.21 Å². The van der Waals surface area contributed by atoms with Crippen LogP contribution in [0.15, 0.2) is 10.5 Å². The first kappa shape index (κ1) is 11.5. The van der Waals surface area contributed by atoms with Crippen LogP contribution in [0.4, 0.5) is 0 Å².